The van der Waals surface area contributed by atoms with Crippen LogP contribution in [0.3, 0.4) is 0 Å². The average Bonchev–Trinajstić information content (AvgIpc) is 3.07. The number of imidazole rings is 1. The topological polar surface area (TPSA) is 49.0 Å². The molecule has 100 valence electrons. The van der Waals surface area contributed by atoms with Crippen LogP contribution in [-0.4, -0.2) is 33.9 Å². The highest BCUT2D eigenvalue weighted by molar-refractivity contribution is 7.13. The molecule has 0 aliphatic carbocycles. The van der Waals surface area contributed by atoms with E-state index in [4.69, 9.17) is 0 Å². The summed E-state index contributed by atoms with van der Waals surface area (Å²) >= 11 is 1.57. The van der Waals surface area contributed by atoms with Gasteiger partial charge in [0, 0.05) is 35.8 Å². The Morgan fingerprint density at radius 1 is 1.47 bits per heavy atom. The Labute approximate surface area is 116 Å². The number of thiophene rings is 1. The van der Waals surface area contributed by atoms with E-state index in [2.05, 4.69) is 9.97 Å². The second-order valence-corrected chi connectivity index (χ2v) is 6.39. The molecule has 1 N–H and O–H groups in total. The highest BCUT2D eigenvalue weighted by atomic mass is 32.1. The van der Waals surface area contributed by atoms with Crippen molar-refractivity contribution in [2.75, 3.05) is 13.1 Å². The number of hydrogen-bond donors (Lipinski definition) is 1. The summed E-state index contributed by atoms with van der Waals surface area (Å²) < 4.78 is 0. The smallest absolute Gasteiger partial charge is 0.263 e. The quantitative estimate of drug-likeness (QED) is 0.916. The zero-order chi connectivity index (χ0) is 13.4. The molecule has 3 rings (SSSR count). The minimum absolute atomic E-state index is 0.156. The van der Waals surface area contributed by atoms with E-state index in [1.807, 2.05) is 37.1 Å². The summed E-state index contributed by atoms with van der Waals surface area (Å²) in [6.07, 6.45) is 2.84. The monoisotopic (exact) mass is 275 g/mol. The third-order valence-electron chi connectivity index (χ3n) is 3.54. The van der Waals surface area contributed by atoms with Crippen molar-refractivity contribution in [1.29, 1.82) is 0 Å². The molecule has 3 heterocycles. The van der Waals surface area contributed by atoms with Gasteiger partial charge in [-0.3, -0.25) is 4.79 Å². The summed E-state index contributed by atoms with van der Waals surface area (Å²) in [4.78, 5) is 24.0. The van der Waals surface area contributed by atoms with Gasteiger partial charge in [-0.25, -0.2) is 4.98 Å². The fourth-order valence-electron chi connectivity index (χ4n) is 2.51. The summed E-state index contributed by atoms with van der Waals surface area (Å²) in [6.45, 7) is 5.62. The molecule has 0 saturated carbocycles. The van der Waals surface area contributed by atoms with Gasteiger partial charge in [0.15, 0.2) is 0 Å². The van der Waals surface area contributed by atoms with Crippen molar-refractivity contribution < 1.29 is 4.79 Å². The Morgan fingerprint density at radius 3 is 2.95 bits per heavy atom. The first-order chi connectivity index (χ1) is 9.13. The molecule has 5 heteroatoms. The average molecular weight is 275 g/mol. The lowest BCUT2D eigenvalue weighted by Gasteiger charge is -2.14. The lowest BCUT2D eigenvalue weighted by atomic mass is 10.1. The molecule has 2 aromatic rings. The van der Waals surface area contributed by atoms with Crippen molar-refractivity contribution in [3.05, 3.63) is 39.6 Å². The fraction of sp³-hybridized carbons (Fsp3) is 0.429. The Bertz CT molecular complexity index is 601. The van der Waals surface area contributed by atoms with Crippen LogP contribution in [0.2, 0.25) is 0 Å². The van der Waals surface area contributed by atoms with Gasteiger partial charge in [-0.1, -0.05) is 0 Å². The number of aromatic amines is 1. The number of carbonyl (C=O) groups is 1. The standard InChI is InChI=1S/C14H17N3OS/c1-9-7-15-13(16-9)11-5-6-17(8-11)14(18)12-4-3-10(2)19-12/h3-4,7,11H,5-6,8H2,1-2H3,(H,15,16)/t11-/m0/s1. The van der Waals surface area contributed by atoms with Crippen molar-refractivity contribution in [3.8, 4) is 0 Å². The van der Waals surface area contributed by atoms with Gasteiger partial charge in [-0.2, -0.15) is 0 Å². The van der Waals surface area contributed by atoms with E-state index >= 15 is 0 Å². The predicted octanol–water partition coefficient (Wildman–Crippen LogP) is 2.72. The first kappa shape index (κ1) is 12.4. The molecule has 1 aliphatic rings. The lowest BCUT2D eigenvalue weighted by molar-refractivity contribution is 0.0795. The first-order valence-corrected chi connectivity index (χ1v) is 7.32. The summed E-state index contributed by atoms with van der Waals surface area (Å²) in [7, 11) is 0. The van der Waals surface area contributed by atoms with E-state index in [9.17, 15) is 4.79 Å². The normalized spacial score (nSPS) is 19.1. The Balaban J connectivity index is 1.70. The number of H-pyrrole nitrogens is 1. The third-order valence-corrected chi connectivity index (χ3v) is 4.52. The first-order valence-electron chi connectivity index (χ1n) is 6.50. The van der Waals surface area contributed by atoms with Crippen LogP contribution in [-0.2, 0) is 0 Å². The zero-order valence-electron chi connectivity index (χ0n) is 11.1. The molecule has 0 bridgehead atoms. The predicted molar refractivity (Wildman–Crippen MR) is 75.6 cm³/mol. The van der Waals surface area contributed by atoms with Gasteiger partial charge >= 0.3 is 0 Å². The summed E-state index contributed by atoms with van der Waals surface area (Å²) in [6, 6.07) is 3.92. The Hall–Kier alpha value is -1.62. The molecule has 1 atom stereocenters. The van der Waals surface area contributed by atoms with Crippen molar-refractivity contribution in [2.45, 2.75) is 26.2 Å². The van der Waals surface area contributed by atoms with Crippen LogP contribution in [0.25, 0.3) is 0 Å². The van der Waals surface area contributed by atoms with Gasteiger partial charge < -0.3 is 9.88 Å². The maximum atomic E-state index is 12.3. The van der Waals surface area contributed by atoms with E-state index in [0.717, 1.165) is 35.9 Å². The molecule has 0 aromatic carbocycles. The van der Waals surface area contributed by atoms with E-state index < -0.39 is 0 Å². The minimum atomic E-state index is 0.156. The highest BCUT2D eigenvalue weighted by Crippen LogP contribution is 2.27. The third kappa shape index (κ3) is 2.42. The van der Waals surface area contributed by atoms with Crippen LogP contribution in [0.1, 0.15) is 38.4 Å². The molecule has 1 amide bonds. The molecule has 19 heavy (non-hydrogen) atoms. The van der Waals surface area contributed by atoms with Crippen molar-refractivity contribution >= 4 is 17.2 Å². The molecule has 4 nitrogen and oxygen atoms in total. The maximum absolute atomic E-state index is 12.3. The minimum Gasteiger partial charge on any atom is -0.346 e. The van der Waals surface area contributed by atoms with Crippen molar-refractivity contribution in [1.82, 2.24) is 14.9 Å². The summed E-state index contributed by atoms with van der Waals surface area (Å²) in [5.41, 5.74) is 1.08. The molecule has 0 spiro atoms. The van der Waals surface area contributed by atoms with Crippen LogP contribution >= 0.6 is 11.3 Å². The molecule has 2 aromatic heterocycles. The molecule has 0 radical (unpaired) electrons. The lowest BCUT2D eigenvalue weighted by Crippen LogP contribution is -2.27. The van der Waals surface area contributed by atoms with Gasteiger partial charge in [0.2, 0.25) is 0 Å². The van der Waals surface area contributed by atoms with Crippen LogP contribution in [0, 0.1) is 13.8 Å². The molecule has 0 unspecified atom stereocenters. The van der Waals surface area contributed by atoms with Gasteiger partial charge in [0.25, 0.3) is 5.91 Å². The largest absolute Gasteiger partial charge is 0.346 e. The number of rotatable bonds is 2. The molecule has 1 fully saturated rings. The summed E-state index contributed by atoms with van der Waals surface area (Å²) in [5, 5.41) is 0. The molecular weight excluding hydrogens is 258 g/mol. The molecular formula is C14H17N3OS. The number of likely N-dealkylation sites (tertiary alicyclic amines) is 1. The second-order valence-electron chi connectivity index (χ2n) is 5.10. The van der Waals surface area contributed by atoms with E-state index in [1.165, 1.54) is 4.88 Å². The number of aryl methyl sites for hydroxylation is 2. The maximum Gasteiger partial charge on any atom is 0.263 e. The van der Waals surface area contributed by atoms with E-state index in [0.29, 0.717) is 5.92 Å². The molecule has 1 saturated heterocycles. The number of carbonyl (C=O) groups excluding carboxylic acids is 1. The SMILES string of the molecule is Cc1cnc([C@H]2CCN(C(=O)c3ccc(C)s3)C2)[nH]1. The van der Waals surface area contributed by atoms with E-state index in [1.54, 1.807) is 11.3 Å². The van der Waals surface area contributed by atoms with Gasteiger partial charge in [-0.05, 0) is 32.4 Å². The van der Waals surface area contributed by atoms with Crippen molar-refractivity contribution in [2.24, 2.45) is 0 Å². The van der Waals surface area contributed by atoms with Crippen LogP contribution in [0.4, 0.5) is 0 Å². The Kier molecular flexibility index (Phi) is 3.14. The number of aromatic nitrogens is 2. The number of hydrogen-bond acceptors (Lipinski definition) is 3. The van der Waals surface area contributed by atoms with Gasteiger partial charge in [0.1, 0.15) is 5.82 Å². The van der Waals surface area contributed by atoms with E-state index in [-0.39, 0.29) is 5.91 Å². The highest BCUT2D eigenvalue weighted by Gasteiger charge is 2.29. The zero-order valence-corrected chi connectivity index (χ0v) is 12.0. The van der Waals surface area contributed by atoms with Crippen molar-refractivity contribution in [3.63, 3.8) is 0 Å². The number of nitrogens with one attached hydrogen (secondary N) is 1. The van der Waals surface area contributed by atoms with Gasteiger partial charge in [-0.15, -0.1) is 11.3 Å². The number of nitrogens with zero attached hydrogens (tertiary/aromatic N) is 2. The molecule has 1 aliphatic heterocycles. The number of amides is 1. The van der Waals surface area contributed by atoms with Crippen LogP contribution < -0.4 is 0 Å². The summed E-state index contributed by atoms with van der Waals surface area (Å²) in [5.74, 6) is 1.51. The van der Waals surface area contributed by atoms with Crippen LogP contribution in [0.15, 0.2) is 18.3 Å². The van der Waals surface area contributed by atoms with Crippen LogP contribution in [0.5, 0.6) is 0 Å². The van der Waals surface area contributed by atoms with Gasteiger partial charge in [0.05, 0.1) is 4.88 Å². The fourth-order valence-corrected chi connectivity index (χ4v) is 3.35. The Morgan fingerprint density at radius 2 is 2.32 bits per heavy atom. The second kappa shape index (κ2) is 4.81.